The van der Waals surface area contributed by atoms with Crippen molar-refractivity contribution in [3.05, 3.63) is 41.5 Å². The Hall–Kier alpha value is -1.93. The first kappa shape index (κ1) is 15.0. The Balaban J connectivity index is 1.59. The van der Waals surface area contributed by atoms with Crippen LogP contribution in [0.3, 0.4) is 0 Å². The first-order chi connectivity index (χ1) is 10.7. The number of aryl methyl sites for hydroxylation is 2. The second-order valence-electron chi connectivity index (χ2n) is 4.61. The third kappa shape index (κ3) is 3.83. The largest absolute Gasteiger partial charge is 0.338 e. The topological polar surface area (TPSA) is 76.7 Å². The zero-order valence-corrected chi connectivity index (χ0v) is 13.9. The lowest BCUT2D eigenvalue weighted by atomic mass is 10.2. The molecule has 3 rings (SSSR count). The van der Waals surface area contributed by atoms with Crippen LogP contribution in [0.1, 0.15) is 24.2 Å². The van der Waals surface area contributed by atoms with Gasteiger partial charge in [0, 0.05) is 12.1 Å². The van der Waals surface area contributed by atoms with E-state index in [1.165, 1.54) is 16.9 Å². The van der Waals surface area contributed by atoms with Crippen LogP contribution in [-0.2, 0) is 12.2 Å². The fourth-order valence-electron chi connectivity index (χ4n) is 1.78. The summed E-state index contributed by atoms with van der Waals surface area (Å²) in [6.45, 7) is 4.05. The first-order valence-electron chi connectivity index (χ1n) is 6.84. The number of aromatic nitrogens is 4. The summed E-state index contributed by atoms with van der Waals surface area (Å²) in [4.78, 5) is 4.27. The summed E-state index contributed by atoms with van der Waals surface area (Å²) in [6, 6.07) is 8.14. The van der Waals surface area contributed by atoms with E-state index in [-0.39, 0.29) is 0 Å². The van der Waals surface area contributed by atoms with Crippen LogP contribution in [0.15, 0.2) is 33.1 Å². The molecule has 8 heteroatoms. The third-order valence-corrected chi connectivity index (χ3v) is 4.78. The van der Waals surface area contributed by atoms with E-state index >= 15 is 0 Å². The van der Waals surface area contributed by atoms with Gasteiger partial charge in [0.2, 0.25) is 11.0 Å². The van der Waals surface area contributed by atoms with Crippen molar-refractivity contribution in [2.75, 3.05) is 5.32 Å². The van der Waals surface area contributed by atoms with Gasteiger partial charge in [0.15, 0.2) is 10.2 Å². The molecule has 1 aromatic carbocycles. The van der Waals surface area contributed by atoms with Crippen LogP contribution < -0.4 is 5.32 Å². The summed E-state index contributed by atoms with van der Waals surface area (Å²) >= 11 is 3.05. The maximum absolute atomic E-state index is 5.15. The van der Waals surface area contributed by atoms with Gasteiger partial charge in [-0.15, -0.1) is 10.2 Å². The van der Waals surface area contributed by atoms with Crippen LogP contribution in [0.2, 0.25) is 0 Å². The zero-order chi connectivity index (χ0) is 15.4. The highest BCUT2D eigenvalue weighted by atomic mass is 32.2. The molecular formula is C14H15N5OS2. The molecular weight excluding hydrogens is 318 g/mol. The molecule has 0 saturated carbocycles. The van der Waals surface area contributed by atoms with Gasteiger partial charge in [-0.3, -0.25) is 0 Å². The van der Waals surface area contributed by atoms with E-state index in [2.05, 4.69) is 44.7 Å². The van der Waals surface area contributed by atoms with E-state index in [0.29, 0.717) is 11.6 Å². The average Bonchev–Trinajstić information content (AvgIpc) is 3.14. The van der Waals surface area contributed by atoms with Crippen molar-refractivity contribution in [3.63, 3.8) is 0 Å². The van der Waals surface area contributed by atoms with Gasteiger partial charge in [-0.2, -0.15) is 4.98 Å². The van der Waals surface area contributed by atoms with Crippen LogP contribution >= 0.6 is 23.1 Å². The standard InChI is InChI=1S/C14H15N5OS2/c1-3-11-16-12(20-19-11)8-21-14-18-17-13(22-14)15-10-6-4-5-9(2)7-10/h4-7H,3,8H2,1-2H3,(H,15,17). The predicted octanol–water partition coefficient (Wildman–Crippen LogP) is 3.83. The van der Waals surface area contributed by atoms with Gasteiger partial charge in [-0.25, -0.2) is 0 Å². The molecule has 0 fully saturated rings. The minimum Gasteiger partial charge on any atom is -0.338 e. The van der Waals surface area contributed by atoms with Crippen molar-refractivity contribution in [2.45, 2.75) is 30.4 Å². The highest BCUT2D eigenvalue weighted by molar-refractivity contribution is 8.00. The number of benzene rings is 1. The Morgan fingerprint density at radius 2 is 2.23 bits per heavy atom. The maximum atomic E-state index is 5.15. The Labute approximate surface area is 136 Å². The molecule has 0 saturated heterocycles. The highest BCUT2D eigenvalue weighted by Gasteiger charge is 2.09. The van der Waals surface area contributed by atoms with Gasteiger partial charge in [0.1, 0.15) is 0 Å². The highest BCUT2D eigenvalue weighted by Crippen LogP contribution is 2.29. The van der Waals surface area contributed by atoms with E-state index in [4.69, 9.17) is 4.52 Å². The van der Waals surface area contributed by atoms with Crippen molar-refractivity contribution >= 4 is 33.9 Å². The van der Waals surface area contributed by atoms with Crippen LogP contribution in [0.25, 0.3) is 0 Å². The first-order valence-corrected chi connectivity index (χ1v) is 8.64. The minimum absolute atomic E-state index is 0.603. The number of nitrogens with one attached hydrogen (secondary N) is 1. The van der Waals surface area contributed by atoms with Gasteiger partial charge in [0.05, 0.1) is 5.75 Å². The SMILES string of the molecule is CCc1noc(CSc2nnc(Nc3cccc(C)c3)s2)n1. The van der Waals surface area contributed by atoms with E-state index in [1.807, 2.05) is 19.1 Å². The Morgan fingerprint density at radius 1 is 1.32 bits per heavy atom. The molecule has 2 aromatic heterocycles. The monoisotopic (exact) mass is 333 g/mol. The molecule has 0 bridgehead atoms. The molecule has 0 spiro atoms. The number of nitrogens with zero attached hydrogens (tertiary/aromatic N) is 4. The molecule has 0 aliphatic carbocycles. The zero-order valence-electron chi connectivity index (χ0n) is 12.2. The lowest BCUT2D eigenvalue weighted by Crippen LogP contribution is -1.89. The van der Waals surface area contributed by atoms with Crippen LogP contribution in [0, 0.1) is 6.92 Å². The fraction of sp³-hybridized carbons (Fsp3) is 0.286. The molecule has 22 heavy (non-hydrogen) atoms. The lowest BCUT2D eigenvalue weighted by Gasteiger charge is -2.01. The minimum atomic E-state index is 0.603. The van der Waals surface area contributed by atoms with Crippen LogP contribution in [-0.4, -0.2) is 20.3 Å². The van der Waals surface area contributed by atoms with E-state index in [0.717, 1.165) is 27.4 Å². The summed E-state index contributed by atoms with van der Waals surface area (Å²) in [5, 5.41) is 16.2. The number of rotatable bonds is 6. The van der Waals surface area contributed by atoms with Crippen molar-refractivity contribution in [1.29, 1.82) is 0 Å². The van der Waals surface area contributed by atoms with Gasteiger partial charge >= 0.3 is 0 Å². The van der Waals surface area contributed by atoms with Crippen molar-refractivity contribution < 1.29 is 4.52 Å². The molecule has 0 atom stereocenters. The molecule has 6 nitrogen and oxygen atoms in total. The van der Waals surface area contributed by atoms with Crippen molar-refractivity contribution in [2.24, 2.45) is 0 Å². The third-order valence-electron chi connectivity index (χ3n) is 2.82. The second kappa shape index (κ2) is 6.89. The Bertz CT molecular complexity index is 755. The predicted molar refractivity (Wildman–Crippen MR) is 87.6 cm³/mol. The number of hydrogen-bond donors (Lipinski definition) is 1. The molecule has 2 heterocycles. The molecule has 0 unspecified atom stereocenters. The number of thioether (sulfide) groups is 1. The lowest BCUT2D eigenvalue weighted by molar-refractivity contribution is 0.385. The fourth-order valence-corrected chi connectivity index (χ4v) is 3.39. The molecule has 0 radical (unpaired) electrons. The van der Waals surface area contributed by atoms with Gasteiger partial charge in [-0.1, -0.05) is 47.3 Å². The molecule has 0 amide bonds. The van der Waals surface area contributed by atoms with E-state index < -0.39 is 0 Å². The number of anilines is 2. The molecule has 0 aliphatic rings. The summed E-state index contributed by atoms with van der Waals surface area (Å²) in [5.41, 5.74) is 2.21. The summed E-state index contributed by atoms with van der Waals surface area (Å²) in [5.74, 6) is 1.95. The smallest absolute Gasteiger partial charge is 0.237 e. The molecule has 1 N–H and O–H groups in total. The van der Waals surface area contributed by atoms with Crippen LogP contribution in [0.4, 0.5) is 10.8 Å². The average molecular weight is 333 g/mol. The second-order valence-corrected chi connectivity index (χ2v) is 6.81. The van der Waals surface area contributed by atoms with E-state index in [1.54, 1.807) is 11.8 Å². The summed E-state index contributed by atoms with van der Waals surface area (Å²) in [6.07, 6.45) is 0.775. The van der Waals surface area contributed by atoms with Crippen LogP contribution in [0.5, 0.6) is 0 Å². The molecule has 0 aliphatic heterocycles. The Morgan fingerprint density at radius 3 is 3.00 bits per heavy atom. The van der Waals surface area contributed by atoms with Gasteiger partial charge in [0.25, 0.3) is 0 Å². The van der Waals surface area contributed by atoms with Crippen molar-refractivity contribution in [1.82, 2.24) is 20.3 Å². The summed E-state index contributed by atoms with van der Waals surface area (Å²) in [7, 11) is 0. The maximum Gasteiger partial charge on any atom is 0.237 e. The molecule has 3 aromatic rings. The van der Waals surface area contributed by atoms with Gasteiger partial charge < -0.3 is 9.84 Å². The normalized spacial score (nSPS) is 10.8. The Kier molecular flexibility index (Phi) is 4.69. The number of hydrogen-bond acceptors (Lipinski definition) is 8. The van der Waals surface area contributed by atoms with Crippen molar-refractivity contribution in [3.8, 4) is 0 Å². The van der Waals surface area contributed by atoms with E-state index in [9.17, 15) is 0 Å². The summed E-state index contributed by atoms with van der Waals surface area (Å²) < 4.78 is 6.02. The molecule has 114 valence electrons. The van der Waals surface area contributed by atoms with Gasteiger partial charge in [-0.05, 0) is 24.6 Å². The quantitative estimate of drug-likeness (QED) is 0.687.